The summed E-state index contributed by atoms with van der Waals surface area (Å²) in [6.07, 6.45) is 0. The Morgan fingerprint density at radius 3 is 2.63 bits per heavy atom. The second kappa shape index (κ2) is 6.61. The molecule has 1 N–H and O–H groups in total. The summed E-state index contributed by atoms with van der Waals surface area (Å²) in [6, 6.07) is 3.56. The normalized spacial score (nSPS) is 11.4. The summed E-state index contributed by atoms with van der Waals surface area (Å²) in [6.45, 7) is 7.28. The number of carbonyl (C=O) groups is 1. The van der Waals surface area contributed by atoms with E-state index < -0.39 is 12.1 Å². The highest BCUT2D eigenvalue weighted by molar-refractivity contribution is 5.93. The molecule has 0 fully saturated rings. The number of rotatable bonds is 5. The highest BCUT2D eigenvalue weighted by atomic mass is 19.1. The molecule has 1 aromatic heterocycles. The maximum absolute atomic E-state index is 11.9. The topological polar surface area (TPSA) is 51.2 Å². The molecule has 106 valence electrons. The van der Waals surface area contributed by atoms with Gasteiger partial charge in [-0.2, -0.15) is 0 Å². The zero-order valence-corrected chi connectivity index (χ0v) is 11.9. The number of aryl methyl sites for hydroxylation is 1. The third-order valence-electron chi connectivity index (χ3n) is 2.60. The van der Waals surface area contributed by atoms with E-state index in [0.29, 0.717) is 12.4 Å². The van der Waals surface area contributed by atoms with Crippen LogP contribution in [0.3, 0.4) is 0 Å². The van der Waals surface area contributed by atoms with E-state index in [0.717, 1.165) is 11.3 Å². The quantitative estimate of drug-likeness (QED) is 0.835. The number of halogens is 1. The predicted octanol–water partition coefficient (Wildman–Crippen LogP) is 2.86. The fourth-order valence-electron chi connectivity index (χ4n) is 1.35. The third-order valence-corrected chi connectivity index (χ3v) is 2.60. The molecule has 0 atom stereocenters. The molecule has 1 rings (SSSR count). The van der Waals surface area contributed by atoms with E-state index in [1.54, 1.807) is 6.07 Å². The molecule has 1 aromatic rings. The largest absolute Gasteiger partial charge is 0.374 e. The van der Waals surface area contributed by atoms with Gasteiger partial charge in [0.25, 0.3) is 0 Å². The Morgan fingerprint density at radius 1 is 1.42 bits per heavy atom. The molecule has 0 spiro atoms. The van der Waals surface area contributed by atoms with Gasteiger partial charge in [0.2, 0.25) is 5.91 Å². The second-order valence-corrected chi connectivity index (χ2v) is 5.39. The third kappa shape index (κ3) is 4.95. The molecule has 0 aliphatic carbocycles. The van der Waals surface area contributed by atoms with Crippen LogP contribution in [-0.2, 0) is 16.1 Å². The highest BCUT2D eigenvalue weighted by Gasteiger charge is 2.21. The number of nitrogens with zero attached hydrogens (tertiary/aromatic N) is 1. The van der Waals surface area contributed by atoms with Crippen molar-refractivity contribution in [3.8, 4) is 0 Å². The number of amides is 1. The van der Waals surface area contributed by atoms with Gasteiger partial charge >= 0.3 is 0 Å². The SMILES string of the molecule is Cc1nc(NC(=O)C(C)(C)C)ccc1COCCF. The fraction of sp³-hybridized carbons (Fsp3) is 0.571. The molecular weight excluding hydrogens is 247 g/mol. The molecule has 0 saturated heterocycles. The number of aromatic nitrogens is 1. The van der Waals surface area contributed by atoms with Crippen LogP contribution in [0.2, 0.25) is 0 Å². The van der Waals surface area contributed by atoms with Gasteiger partial charge in [0.05, 0.1) is 13.2 Å². The zero-order chi connectivity index (χ0) is 14.5. The molecule has 19 heavy (non-hydrogen) atoms. The fourth-order valence-corrected chi connectivity index (χ4v) is 1.35. The molecule has 0 radical (unpaired) electrons. The molecule has 0 unspecified atom stereocenters. The lowest BCUT2D eigenvalue weighted by Gasteiger charge is -2.17. The summed E-state index contributed by atoms with van der Waals surface area (Å²) in [5.41, 5.74) is 1.20. The number of hydrogen-bond donors (Lipinski definition) is 1. The molecule has 5 heteroatoms. The van der Waals surface area contributed by atoms with Crippen molar-refractivity contribution in [2.75, 3.05) is 18.6 Å². The minimum Gasteiger partial charge on any atom is -0.374 e. The summed E-state index contributed by atoms with van der Waals surface area (Å²) in [7, 11) is 0. The smallest absolute Gasteiger partial charge is 0.230 e. The lowest BCUT2D eigenvalue weighted by atomic mass is 9.96. The van der Waals surface area contributed by atoms with Crippen molar-refractivity contribution in [2.24, 2.45) is 5.41 Å². The van der Waals surface area contributed by atoms with Crippen LogP contribution in [0.5, 0.6) is 0 Å². The highest BCUT2D eigenvalue weighted by Crippen LogP contribution is 2.17. The van der Waals surface area contributed by atoms with Crippen LogP contribution in [-0.4, -0.2) is 24.2 Å². The van der Waals surface area contributed by atoms with Crippen LogP contribution < -0.4 is 5.32 Å². The Kier molecular flexibility index (Phi) is 5.42. The maximum Gasteiger partial charge on any atom is 0.230 e. The molecule has 0 saturated carbocycles. The van der Waals surface area contributed by atoms with Gasteiger partial charge in [-0.15, -0.1) is 0 Å². The van der Waals surface area contributed by atoms with Crippen LogP contribution >= 0.6 is 0 Å². The maximum atomic E-state index is 11.9. The standard InChI is InChI=1S/C14H21FN2O2/c1-10-11(9-19-8-7-15)5-6-12(16-10)17-13(18)14(2,3)4/h5-6H,7-9H2,1-4H3,(H,16,17,18). The Morgan fingerprint density at radius 2 is 2.11 bits per heavy atom. The summed E-state index contributed by atoms with van der Waals surface area (Å²) >= 11 is 0. The van der Waals surface area contributed by atoms with Crippen molar-refractivity contribution >= 4 is 11.7 Å². The average molecular weight is 268 g/mol. The second-order valence-electron chi connectivity index (χ2n) is 5.39. The van der Waals surface area contributed by atoms with Gasteiger partial charge < -0.3 is 10.1 Å². The summed E-state index contributed by atoms with van der Waals surface area (Å²) in [5.74, 6) is 0.437. The minimum atomic E-state index is -0.494. The van der Waals surface area contributed by atoms with Crippen LogP contribution in [0.1, 0.15) is 32.0 Å². The number of alkyl halides is 1. The van der Waals surface area contributed by atoms with Crippen LogP contribution in [0, 0.1) is 12.3 Å². The van der Waals surface area contributed by atoms with E-state index in [4.69, 9.17) is 4.74 Å². The van der Waals surface area contributed by atoms with Crippen molar-refractivity contribution in [3.05, 3.63) is 23.4 Å². The molecule has 4 nitrogen and oxygen atoms in total. The van der Waals surface area contributed by atoms with Crippen LogP contribution in [0.4, 0.5) is 10.2 Å². The number of hydrogen-bond acceptors (Lipinski definition) is 3. The number of nitrogens with one attached hydrogen (secondary N) is 1. The van der Waals surface area contributed by atoms with E-state index in [1.807, 2.05) is 33.8 Å². The van der Waals surface area contributed by atoms with Gasteiger partial charge in [0.1, 0.15) is 12.5 Å². The van der Waals surface area contributed by atoms with Gasteiger partial charge in [0, 0.05) is 11.1 Å². The molecule has 0 aromatic carbocycles. The average Bonchev–Trinajstić information content (AvgIpc) is 2.31. The number of ether oxygens (including phenoxy) is 1. The Labute approximate surface area is 113 Å². The first-order valence-corrected chi connectivity index (χ1v) is 6.26. The minimum absolute atomic E-state index is 0.0826. The molecule has 0 aliphatic rings. The molecule has 1 amide bonds. The van der Waals surface area contributed by atoms with Gasteiger partial charge in [0.15, 0.2) is 0 Å². The number of pyridine rings is 1. The first kappa shape index (κ1) is 15.6. The Bertz CT molecular complexity index is 442. The Balaban J connectivity index is 2.69. The number of carbonyl (C=O) groups excluding carboxylic acids is 1. The van der Waals surface area contributed by atoms with E-state index >= 15 is 0 Å². The van der Waals surface area contributed by atoms with Crippen LogP contribution in [0.15, 0.2) is 12.1 Å². The van der Waals surface area contributed by atoms with E-state index in [9.17, 15) is 9.18 Å². The van der Waals surface area contributed by atoms with Gasteiger partial charge in [-0.3, -0.25) is 4.79 Å². The van der Waals surface area contributed by atoms with Gasteiger partial charge in [-0.1, -0.05) is 26.8 Å². The first-order chi connectivity index (χ1) is 8.84. The van der Waals surface area contributed by atoms with Gasteiger partial charge in [-0.05, 0) is 18.6 Å². The van der Waals surface area contributed by atoms with Crippen molar-refractivity contribution in [2.45, 2.75) is 34.3 Å². The molecular formula is C14H21FN2O2. The van der Waals surface area contributed by atoms with Crippen molar-refractivity contribution in [3.63, 3.8) is 0 Å². The van der Waals surface area contributed by atoms with Crippen molar-refractivity contribution in [1.29, 1.82) is 0 Å². The van der Waals surface area contributed by atoms with Crippen LogP contribution in [0.25, 0.3) is 0 Å². The molecule has 0 aliphatic heterocycles. The monoisotopic (exact) mass is 268 g/mol. The zero-order valence-electron chi connectivity index (χ0n) is 11.9. The summed E-state index contributed by atoms with van der Waals surface area (Å²) < 4.78 is 17.1. The lowest BCUT2D eigenvalue weighted by molar-refractivity contribution is -0.123. The summed E-state index contributed by atoms with van der Waals surface area (Å²) in [5, 5.41) is 2.77. The van der Waals surface area contributed by atoms with Crippen molar-refractivity contribution in [1.82, 2.24) is 4.98 Å². The van der Waals surface area contributed by atoms with E-state index in [2.05, 4.69) is 10.3 Å². The lowest BCUT2D eigenvalue weighted by Crippen LogP contribution is -2.28. The van der Waals surface area contributed by atoms with Gasteiger partial charge in [-0.25, -0.2) is 9.37 Å². The molecule has 1 heterocycles. The molecule has 0 bridgehead atoms. The summed E-state index contributed by atoms with van der Waals surface area (Å²) in [4.78, 5) is 16.1. The Hall–Kier alpha value is -1.49. The number of anilines is 1. The van der Waals surface area contributed by atoms with E-state index in [1.165, 1.54) is 0 Å². The predicted molar refractivity (Wildman–Crippen MR) is 72.7 cm³/mol. The first-order valence-electron chi connectivity index (χ1n) is 6.26. The van der Waals surface area contributed by atoms with Crippen molar-refractivity contribution < 1.29 is 13.9 Å². The van der Waals surface area contributed by atoms with E-state index in [-0.39, 0.29) is 12.5 Å².